The van der Waals surface area contributed by atoms with Gasteiger partial charge in [0.1, 0.15) is 18.2 Å². The molecule has 120 valence electrons. The van der Waals surface area contributed by atoms with Crippen LogP contribution in [0.2, 0.25) is 5.02 Å². The van der Waals surface area contributed by atoms with Gasteiger partial charge in [-0.3, -0.25) is 4.79 Å². The van der Waals surface area contributed by atoms with E-state index in [1.165, 1.54) is 6.07 Å². The first-order chi connectivity index (χ1) is 11.1. The second-order valence-corrected chi connectivity index (χ2v) is 5.92. The minimum atomic E-state index is -0.390. The number of hydrogen-bond donors (Lipinski definition) is 0. The van der Waals surface area contributed by atoms with E-state index >= 15 is 0 Å². The SMILES string of the molecule is O=C(c1ccc(OCc2c(F)cccc2Cl)cc1)N1CCCC1. The molecule has 0 saturated carbocycles. The van der Waals surface area contributed by atoms with E-state index in [9.17, 15) is 9.18 Å². The van der Waals surface area contributed by atoms with Crippen LogP contribution in [-0.2, 0) is 6.61 Å². The fourth-order valence-corrected chi connectivity index (χ4v) is 2.84. The summed E-state index contributed by atoms with van der Waals surface area (Å²) >= 11 is 5.97. The topological polar surface area (TPSA) is 29.5 Å². The number of carbonyl (C=O) groups excluding carboxylic acids is 1. The van der Waals surface area contributed by atoms with Crippen LogP contribution < -0.4 is 4.74 Å². The van der Waals surface area contributed by atoms with Crippen LogP contribution in [0.5, 0.6) is 5.75 Å². The Hall–Kier alpha value is -2.07. The molecule has 0 spiro atoms. The molecule has 0 atom stereocenters. The minimum absolute atomic E-state index is 0.0466. The molecule has 2 aromatic carbocycles. The van der Waals surface area contributed by atoms with E-state index < -0.39 is 5.82 Å². The Balaban J connectivity index is 1.64. The Morgan fingerprint density at radius 2 is 1.83 bits per heavy atom. The molecule has 23 heavy (non-hydrogen) atoms. The van der Waals surface area contributed by atoms with Gasteiger partial charge < -0.3 is 9.64 Å². The number of likely N-dealkylation sites (tertiary alicyclic amines) is 1. The van der Waals surface area contributed by atoms with Crippen LogP contribution in [0.3, 0.4) is 0 Å². The average Bonchev–Trinajstić information content (AvgIpc) is 3.09. The smallest absolute Gasteiger partial charge is 0.253 e. The van der Waals surface area contributed by atoms with Gasteiger partial charge in [0.2, 0.25) is 0 Å². The van der Waals surface area contributed by atoms with Crippen LogP contribution in [0.1, 0.15) is 28.8 Å². The van der Waals surface area contributed by atoms with Crippen molar-refractivity contribution in [3.8, 4) is 5.75 Å². The summed E-state index contributed by atoms with van der Waals surface area (Å²) in [6.07, 6.45) is 2.13. The summed E-state index contributed by atoms with van der Waals surface area (Å²) in [6, 6.07) is 11.4. The van der Waals surface area contributed by atoms with Crippen molar-refractivity contribution in [3.63, 3.8) is 0 Å². The van der Waals surface area contributed by atoms with E-state index in [1.54, 1.807) is 36.4 Å². The van der Waals surface area contributed by atoms with Crippen molar-refractivity contribution in [1.82, 2.24) is 4.90 Å². The lowest BCUT2D eigenvalue weighted by Crippen LogP contribution is -2.27. The van der Waals surface area contributed by atoms with Crippen LogP contribution in [0, 0.1) is 5.82 Å². The molecular formula is C18H17ClFNO2. The maximum atomic E-state index is 13.7. The first kappa shape index (κ1) is 15.8. The highest BCUT2D eigenvalue weighted by Crippen LogP contribution is 2.22. The van der Waals surface area contributed by atoms with E-state index in [0.29, 0.717) is 21.9 Å². The van der Waals surface area contributed by atoms with Gasteiger partial charge in [0.25, 0.3) is 5.91 Å². The molecule has 2 aromatic rings. The number of nitrogens with zero attached hydrogens (tertiary/aromatic N) is 1. The third kappa shape index (κ3) is 3.64. The number of rotatable bonds is 4. The number of amides is 1. The predicted octanol–water partition coefficient (Wildman–Crippen LogP) is 4.29. The van der Waals surface area contributed by atoms with Gasteiger partial charge in [0.15, 0.2) is 0 Å². The molecule has 0 aromatic heterocycles. The summed E-state index contributed by atoms with van der Waals surface area (Å²) in [4.78, 5) is 14.1. The molecular weight excluding hydrogens is 317 g/mol. The van der Waals surface area contributed by atoms with Crippen LogP contribution in [0.4, 0.5) is 4.39 Å². The summed E-state index contributed by atoms with van der Waals surface area (Å²) < 4.78 is 19.2. The normalized spacial score (nSPS) is 14.1. The van der Waals surface area contributed by atoms with Crippen molar-refractivity contribution >= 4 is 17.5 Å². The molecule has 0 aliphatic carbocycles. The van der Waals surface area contributed by atoms with Crippen LogP contribution >= 0.6 is 11.6 Å². The Kier molecular flexibility index (Phi) is 4.82. The third-order valence-electron chi connectivity index (χ3n) is 3.94. The Morgan fingerprint density at radius 1 is 1.13 bits per heavy atom. The first-order valence-corrected chi connectivity index (χ1v) is 7.98. The summed E-state index contributed by atoms with van der Waals surface area (Å²) in [5.74, 6) is 0.229. The van der Waals surface area contributed by atoms with Gasteiger partial charge in [-0.05, 0) is 49.2 Å². The summed E-state index contributed by atoms with van der Waals surface area (Å²) in [6.45, 7) is 1.69. The summed E-state index contributed by atoms with van der Waals surface area (Å²) in [7, 11) is 0. The predicted molar refractivity (Wildman–Crippen MR) is 87.3 cm³/mol. The van der Waals surface area contributed by atoms with E-state index in [4.69, 9.17) is 16.3 Å². The van der Waals surface area contributed by atoms with Gasteiger partial charge in [0.05, 0.1) is 5.02 Å². The largest absolute Gasteiger partial charge is 0.489 e. The van der Waals surface area contributed by atoms with Crippen molar-refractivity contribution < 1.29 is 13.9 Å². The Bertz CT molecular complexity index is 676. The zero-order chi connectivity index (χ0) is 16.2. The van der Waals surface area contributed by atoms with Crippen molar-refractivity contribution in [2.24, 2.45) is 0 Å². The quantitative estimate of drug-likeness (QED) is 0.835. The number of carbonyl (C=O) groups is 1. The molecule has 1 amide bonds. The lowest BCUT2D eigenvalue weighted by molar-refractivity contribution is 0.0793. The molecule has 0 radical (unpaired) electrons. The molecule has 1 saturated heterocycles. The number of halogens is 2. The van der Waals surface area contributed by atoms with Gasteiger partial charge in [-0.1, -0.05) is 17.7 Å². The second kappa shape index (κ2) is 7.01. The van der Waals surface area contributed by atoms with Gasteiger partial charge in [-0.2, -0.15) is 0 Å². The monoisotopic (exact) mass is 333 g/mol. The standard InChI is InChI=1S/C18H17ClFNO2/c19-16-4-3-5-17(20)15(16)12-23-14-8-6-13(7-9-14)18(22)21-10-1-2-11-21/h3-9H,1-2,10-12H2. The molecule has 3 nitrogen and oxygen atoms in total. The number of hydrogen-bond acceptors (Lipinski definition) is 2. The molecule has 1 heterocycles. The highest BCUT2D eigenvalue weighted by molar-refractivity contribution is 6.31. The maximum Gasteiger partial charge on any atom is 0.253 e. The van der Waals surface area contributed by atoms with Crippen molar-refractivity contribution in [2.75, 3.05) is 13.1 Å². The Morgan fingerprint density at radius 3 is 2.48 bits per heavy atom. The Labute approximate surface area is 139 Å². The molecule has 1 aliphatic heterocycles. The second-order valence-electron chi connectivity index (χ2n) is 5.51. The van der Waals surface area contributed by atoms with Crippen molar-refractivity contribution in [1.29, 1.82) is 0 Å². The molecule has 0 N–H and O–H groups in total. The lowest BCUT2D eigenvalue weighted by atomic mass is 10.2. The molecule has 1 aliphatic rings. The van der Waals surface area contributed by atoms with E-state index in [2.05, 4.69) is 0 Å². The number of benzene rings is 2. The fourth-order valence-electron chi connectivity index (χ4n) is 2.62. The summed E-state index contributed by atoms with van der Waals surface area (Å²) in [5.41, 5.74) is 0.967. The molecule has 1 fully saturated rings. The van der Waals surface area contributed by atoms with Gasteiger partial charge >= 0.3 is 0 Å². The third-order valence-corrected chi connectivity index (χ3v) is 4.29. The molecule has 5 heteroatoms. The highest BCUT2D eigenvalue weighted by atomic mass is 35.5. The average molecular weight is 334 g/mol. The minimum Gasteiger partial charge on any atom is -0.489 e. The van der Waals surface area contributed by atoms with E-state index in [1.807, 2.05) is 4.90 Å². The van der Waals surface area contributed by atoms with E-state index in [0.717, 1.165) is 25.9 Å². The van der Waals surface area contributed by atoms with Gasteiger partial charge in [0, 0.05) is 24.2 Å². The number of ether oxygens (including phenoxy) is 1. The zero-order valence-electron chi connectivity index (χ0n) is 12.6. The zero-order valence-corrected chi connectivity index (χ0v) is 13.4. The van der Waals surface area contributed by atoms with Gasteiger partial charge in [-0.25, -0.2) is 4.39 Å². The van der Waals surface area contributed by atoms with Crippen molar-refractivity contribution in [2.45, 2.75) is 19.4 Å². The first-order valence-electron chi connectivity index (χ1n) is 7.60. The lowest BCUT2D eigenvalue weighted by Gasteiger charge is -2.15. The summed E-state index contributed by atoms with van der Waals surface area (Å²) in [5, 5.41) is 0.339. The van der Waals surface area contributed by atoms with Crippen LogP contribution in [-0.4, -0.2) is 23.9 Å². The van der Waals surface area contributed by atoms with Crippen molar-refractivity contribution in [3.05, 3.63) is 64.4 Å². The highest BCUT2D eigenvalue weighted by Gasteiger charge is 2.19. The molecule has 0 bridgehead atoms. The van der Waals surface area contributed by atoms with Crippen LogP contribution in [0.15, 0.2) is 42.5 Å². The maximum absolute atomic E-state index is 13.7. The molecule has 3 rings (SSSR count). The molecule has 0 unspecified atom stereocenters. The fraction of sp³-hybridized carbons (Fsp3) is 0.278. The van der Waals surface area contributed by atoms with Crippen LogP contribution in [0.25, 0.3) is 0 Å². The van der Waals surface area contributed by atoms with Gasteiger partial charge in [-0.15, -0.1) is 0 Å². The van der Waals surface area contributed by atoms with E-state index in [-0.39, 0.29) is 12.5 Å².